The van der Waals surface area contributed by atoms with Gasteiger partial charge in [0, 0.05) is 5.54 Å². The zero-order chi connectivity index (χ0) is 7.78. The summed E-state index contributed by atoms with van der Waals surface area (Å²) in [5, 5.41) is 8.67. The van der Waals surface area contributed by atoms with Crippen LogP contribution in [0.25, 0.3) is 0 Å². The predicted octanol–water partition coefficient (Wildman–Crippen LogP) is 0.589. The van der Waals surface area contributed by atoms with Crippen molar-refractivity contribution < 1.29 is 9.90 Å². The Morgan fingerprint density at radius 3 is 2.60 bits per heavy atom. The number of carbonyl (C=O) groups is 1. The molecule has 1 rings (SSSR count). The molecule has 0 spiro atoms. The summed E-state index contributed by atoms with van der Waals surface area (Å²) in [5.41, 5.74) is 5.28. The molecule has 1 saturated carbocycles. The molecule has 1 unspecified atom stereocenters. The second-order valence-electron chi connectivity index (χ2n) is 3.29. The van der Waals surface area contributed by atoms with Gasteiger partial charge in [-0.1, -0.05) is 6.42 Å². The van der Waals surface area contributed by atoms with E-state index >= 15 is 0 Å². The smallest absolute Gasteiger partial charge is 0.308 e. The van der Waals surface area contributed by atoms with E-state index in [9.17, 15) is 4.79 Å². The first-order chi connectivity index (χ1) is 4.54. The van der Waals surface area contributed by atoms with Crippen molar-refractivity contribution in [3.63, 3.8) is 0 Å². The molecule has 3 N–H and O–H groups in total. The van der Waals surface area contributed by atoms with Gasteiger partial charge in [-0.2, -0.15) is 0 Å². The van der Waals surface area contributed by atoms with E-state index in [2.05, 4.69) is 0 Å². The molecule has 58 valence electrons. The van der Waals surface area contributed by atoms with Gasteiger partial charge in [0.2, 0.25) is 0 Å². The van der Waals surface area contributed by atoms with Crippen LogP contribution >= 0.6 is 0 Å². The van der Waals surface area contributed by atoms with Crippen LogP contribution in [0, 0.1) is 5.92 Å². The van der Waals surface area contributed by atoms with Crippen molar-refractivity contribution >= 4 is 5.97 Å². The molecule has 0 bridgehead atoms. The van der Waals surface area contributed by atoms with Crippen LogP contribution in [-0.2, 0) is 4.79 Å². The first-order valence-corrected chi connectivity index (χ1v) is 3.56. The lowest BCUT2D eigenvalue weighted by Gasteiger charge is -2.22. The summed E-state index contributed by atoms with van der Waals surface area (Å²) in [4.78, 5) is 10.5. The molecule has 0 aliphatic heterocycles. The van der Waals surface area contributed by atoms with Gasteiger partial charge in [-0.25, -0.2) is 0 Å². The third-order valence-corrected chi connectivity index (χ3v) is 2.30. The Labute approximate surface area is 60.2 Å². The van der Waals surface area contributed by atoms with Crippen molar-refractivity contribution in [2.45, 2.75) is 31.7 Å². The lowest BCUT2D eigenvalue weighted by Crippen LogP contribution is -2.43. The monoisotopic (exact) mass is 143 g/mol. The molecule has 1 aliphatic rings. The van der Waals surface area contributed by atoms with Crippen LogP contribution in [-0.4, -0.2) is 16.6 Å². The number of carboxylic acid groups (broad SMARTS) is 1. The molecule has 0 heterocycles. The van der Waals surface area contributed by atoms with Gasteiger partial charge in [0.15, 0.2) is 0 Å². The minimum absolute atomic E-state index is 0.326. The normalized spacial score (nSPS) is 40.0. The van der Waals surface area contributed by atoms with E-state index in [0.29, 0.717) is 0 Å². The van der Waals surface area contributed by atoms with Crippen LogP contribution < -0.4 is 5.73 Å². The Kier molecular flexibility index (Phi) is 1.68. The fraction of sp³-hybridized carbons (Fsp3) is 0.857. The van der Waals surface area contributed by atoms with Crippen molar-refractivity contribution in [3.8, 4) is 0 Å². The highest BCUT2D eigenvalue weighted by Crippen LogP contribution is 2.33. The van der Waals surface area contributed by atoms with Gasteiger partial charge in [0.1, 0.15) is 0 Å². The highest BCUT2D eigenvalue weighted by molar-refractivity contribution is 5.72. The van der Waals surface area contributed by atoms with Crippen LogP contribution in [0.5, 0.6) is 0 Å². The van der Waals surface area contributed by atoms with Gasteiger partial charge in [-0.3, -0.25) is 4.79 Å². The Morgan fingerprint density at radius 1 is 1.80 bits per heavy atom. The topological polar surface area (TPSA) is 63.3 Å². The van der Waals surface area contributed by atoms with Crippen LogP contribution in [0.3, 0.4) is 0 Å². The predicted molar refractivity (Wildman–Crippen MR) is 37.6 cm³/mol. The van der Waals surface area contributed by atoms with Crippen LogP contribution in [0.1, 0.15) is 26.2 Å². The summed E-state index contributed by atoms with van der Waals surface area (Å²) in [6.07, 6.45) is 2.52. The van der Waals surface area contributed by atoms with Gasteiger partial charge in [0.05, 0.1) is 5.92 Å². The van der Waals surface area contributed by atoms with Crippen LogP contribution in [0.4, 0.5) is 0 Å². The second kappa shape index (κ2) is 2.23. The molecule has 0 saturated heterocycles. The number of rotatable bonds is 1. The van der Waals surface area contributed by atoms with E-state index in [1.165, 1.54) is 0 Å². The molecule has 1 fully saturated rings. The molecule has 0 aromatic heterocycles. The minimum atomic E-state index is -0.748. The molecular weight excluding hydrogens is 130 g/mol. The molecule has 0 amide bonds. The molecule has 0 aromatic carbocycles. The molecule has 0 radical (unpaired) electrons. The fourth-order valence-corrected chi connectivity index (χ4v) is 1.60. The van der Waals surface area contributed by atoms with E-state index in [4.69, 9.17) is 10.8 Å². The number of hydrogen-bond acceptors (Lipinski definition) is 2. The van der Waals surface area contributed by atoms with Gasteiger partial charge >= 0.3 is 5.97 Å². The van der Waals surface area contributed by atoms with Crippen molar-refractivity contribution in [3.05, 3.63) is 0 Å². The SMILES string of the molecule is C[C@]1(N)CCCC1C(=O)O. The third kappa shape index (κ3) is 1.14. The lowest BCUT2D eigenvalue weighted by atomic mass is 9.90. The number of nitrogens with two attached hydrogens (primary N) is 1. The Bertz CT molecular complexity index is 154. The van der Waals surface area contributed by atoms with E-state index < -0.39 is 11.5 Å². The lowest BCUT2D eigenvalue weighted by molar-refractivity contribution is -0.143. The first kappa shape index (κ1) is 7.54. The van der Waals surface area contributed by atoms with Gasteiger partial charge in [-0.15, -0.1) is 0 Å². The zero-order valence-electron chi connectivity index (χ0n) is 6.13. The number of aliphatic carboxylic acids is 1. The Balaban J connectivity index is 2.68. The molecule has 10 heavy (non-hydrogen) atoms. The summed E-state index contributed by atoms with van der Waals surface area (Å²) in [6, 6.07) is 0. The average molecular weight is 143 g/mol. The summed E-state index contributed by atoms with van der Waals surface area (Å²) in [6.45, 7) is 1.82. The molecule has 3 heteroatoms. The molecule has 2 atom stereocenters. The van der Waals surface area contributed by atoms with Gasteiger partial charge in [-0.05, 0) is 19.8 Å². The van der Waals surface area contributed by atoms with Crippen LogP contribution in [0.15, 0.2) is 0 Å². The summed E-state index contributed by atoms with van der Waals surface area (Å²) >= 11 is 0. The van der Waals surface area contributed by atoms with E-state index in [-0.39, 0.29) is 5.92 Å². The van der Waals surface area contributed by atoms with Crippen molar-refractivity contribution in [1.82, 2.24) is 0 Å². The highest BCUT2D eigenvalue weighted by atomic mass is 16.4. The van der Waals surface area contributed by atoms with Crippen molar-refractivity contribution in [2.24, 2.45) is 11.7 Å². The second-order valence-corrected chi connectivity index (χ2v) is 3.29. The van der Waals surface area contributed by atoms with Gasteiger partial charge < -0.3 is 10.8 Å². The zero-order valence-corrected chi connectivity index (χ0v) is 6.13. The maximum absolute atomic E-state index is 10.5. The molecule has 3 nitrogen and oxygen atoms in total. The minimum Gasteiger partial charge on any atom is -0.481 e. The standard InChI is InChI=1S/C7H13NO2/c1-7(8)4-2-3-5(7)6(9)10/h5H,2-4,8H2,1H3,(H,9,10)/t5?,7-/m0/s1. The van der Waals surface area contributed by atoms with E-state index in [0.717, 1.165) is 19.3 Å². The summed E-state index contributed by atoms with van der Waals surface area (Å²) < 4.78 is 0. The Morgan fingerprint density at radius 2 is 2.40 bits per heavy atom. The van der Waals surface area contributed by atoms with E-state index in [1.54, 1.807) is 0 Å². The maximum Gasteiger partial charge on any atom is 0.308 e. The summed E-state index contributed by atoms with van der Waals surface area (Å²) in [5.74, 6) is -1.07. The van der Waals surface area contributed by atoms with Crippen molar-refractivity contribution in [1.29, 1.82) is 0 Å². The van der Waals surface area contributed by atoms with Crippen LogP contribution in [0.2, 0.25) is 0 Å². The van der Waals surface area contributed by atoms with Crippen molar-refractivity contribution in [2.75, 3.05) is 0 Å². The quantitative estimate of drug-likeness (QED) is 0.564. The fourth-order valence-electron chi connectivity index (χ4n) is 1.60. The van der Waals surface area contributed by atoms with Gasteiger partial charge in [0.25, 0.3) is 0 Å². The van der Waals surface area contributed by atoms with E-state index in [1.807, 2.05) is 6.92 Å². The summed E-state index contributed by atoms with van der Waals surface area (Å²) in [7, 11) is 0. The largest absolute Gasteiger partial charge is 0.481 e. The maximum atomic E-state index is 10.5. The Hall–Kier alpha value is -0.570. The third-order valence-electron chi connectivity index (χ3n) is 2.30. The molecular formula is C7H13NO2. The highest BCUT2D eigenvalue weighted by Gasteiger charge is 2.39. The molecule has 1 aliphatic carbocycles. The first-order valence-electron chi connectivity index (χ1n) is 3.56. The molecule has 0 aromatic rings. The average Bonchev–Trinajstić information content (AvgIpc) is 2.08. The number of carboxylic acids is 1. The number of hydrogen-bond donors (Lipinski definition) is 2.